The molecular formula is C13H12BrNO3. The lowest BCUT2D eigenvalue weighted by Gasteiger charge is -2.11. The van der Waals surface area contributed by atoms with Crippen LogP contribution in [0, 0.1) is 13.8 Å². The van der Waals surface area contributed by atoms with Crippen LogP contribution >= 0.6 is 15.9 Å². The van der Waals surface area contributed by atoms with Crippen molar-refractivity contribution in [2.24, 2.45) is 0 Å². The molecule has 0 fully saturated rings. The van der Waals surface area contributed by atoms with E-state index in [1.807, 2.05) is 19.9 Å². The maximum Gasteiger partial charge on any atom is 0.341 e. The summed E-state index contributed by atoms with van der Waals surface area (Å²) in [5.74, 6) is -0.909. The van der Waals surface area contributed by atoms with Gasteiger partial charge in [-0.3, -0.25) is 0 Å². The van der Waals surface area contributed by atoms with E-state index in [4.69, 9.17) is 9.84 Å². The summed E-state index contributed by atoms with van der Waals surface area (Å²) in [5.41, 5.74) is 2.83. The summed E-state index contributed by atoms with van der Waals surface area (Å²) < 4.78 is 5.99. The van der Waals surface area contributed by atoms with Gasteiger partial charge in [0.05, 0.1) is 12.6 Å². The van der Waals surface area contributed by atoms with Gasteiger partial charge in [0.25, 0.3) is 0 Å². The highest BCUT2D eigenvalue weighted by Crippen LogP contribution is 2.31. The molecule has 0 spiro atoms. The molecule has 0 unspecified atom stereocenters. The van der Waals surface area contributed by atoms with Gasteiger partial charge in [-0.05, 0) is 37.1 Å². The van der Waals surface area contributed by atoms with Crippen molar-refractivity contribution in [2.45, 2.75) is 13.8 Å². The summed E-state index contributed by atoms with van der Waals surface area (Å²) in [5, 5.41) is 9.95. The van der Waals surface area contributed by atoms with Gasteiger partial charge in [0.15, 0.2) is 0 Å². The molecule has 0 aliphatic carbocycles. The zero-order valence-corrected chi connectivity index (χ0v) is 11.8. The number of carbonyl (C=O) groups is 1. The molecule has 94 valence electrons. The summed E-state index contributed by atoms with van der Waals surface area (Å²) in [7, 11) is 1.42. The molecule has 2 rings (SSSR count). The minimum absolute atomic E-state index is 0.0730. The lowest BCUT2D eigenvalue weighted by atomic mass is 10.0. The molecule has 1 heterocycles. The number of halogens is 1. The molecule has 1 aromatic carbocycles. The first-order valence-electron chi connectivity index (χ1n) is 5.33. The van der Waals surface area contributed by atoms with Crippen LogP contribution in [-0.2, 0) is 0 Å². The van der Waals surface area contributed by atoms with Crippen LogP contribution in [0.3, 0.4) is 0 Å². The van der Waals surface area contributed by atoms with Crippen LogP contribution in [0.15, 0.2) is 16.6 Å². The fraction of sp³-hybridized carbons (Fsp3) is 0.231. The smallest absolute Gasteiger partial charge is 0.341 e. The van der Waals surface area contributed by atoms with Gasteiger partial charge in [0.1, 0.15) is 5.56 Å². The SMILES string of the molecule is COc1nc2cc(C)c(Br)c(C)c2cc1C(=O)O. The number of aromatic nitrogens is 1. The van der Waals surface area contributed by atoms with Crippen LogP contribution < -0.4 is 4.74 Å². The van der Waals surface area contributed by atoms with E-state index in [2.05, 4.69) is 20.9 Å². The summed E-state index contributed by atoms with van der Waals surface area (Å²) in [6, 6.07) is 3.50. The van der Waals surface area contributed by atoms with Crippen molar-refractivity contribution in [2.75, 3.05) is 7.11 Å². The van der Waals surface area contributed by atoms with Crippen molar-refractivity contribution in [3.63, 3.8) is 0 Å². The Bertz CT molecular complexity index is 652. The highest BCUT2D eigenvalue weighted by Gasteiger charge is 2.16. The van der Waals surface area contributed by atoms with Crippen LogP contribution in [0.2, 0.25) is 0 Å². The average Bonchev–Trinajstić information content (AvgIpc) is 2.34. The number of carboxylic acid groups (broad SMARTS) is 1. The summed E-state index contributed by atoms with van der Waals surface area (Å²) in [6.07, 6.45) is 0. The Morgan fingerprint density at radius 1 is 1.39 bits per heavy atom. The number of methoxy groups -OCH3 is 1. The van der Waals surface area contributed by atoms with E-state index in [1.165, 1.54) is 7.11 Å². The first-order valence-corrected chi connectivity index (χ1v) is 6.12. The largest absolute Gasteiger partial charge is 0.480 e. The predicted octanol–water partition coefficient (Wildman–Crippen LogP) is 3.32. The topological polar surface area (TPSA) is 59.4 Å². The van der Waals surface area contributed by atoms with Gasteiger partial charge < -0.3 is 9.84 Å². The fourth-order valence-corrected chi connectivity index (χ4v) is 2.24. The molecule has 0 amide bonds. The zero-order chi connectivity index (χ0) is 13.4. The third-order valence-corrected chi connectivity index (χ3v) is 4.09. The third-order valence-electron chi connectivity index (χ3n) is 2.87. The van der Waals surface area contributed by atoms with E-state index in [0.717, 1.165) is 26.5 Å². The maximum atomic E-state index is 11.2. The summed E-state index contributed by atoms with van der Waals surface area (Å²) in [4.78, 5) is 15.4. The molecule has 0 aliphatic heterocycles. The number of nitrogens with zero attached hydrogens (tertiary/aromatic N) is 1. The third kappa shape index (κ3) is 1.95. The number of pyridine rings is 1. The van der Waals surface area contributed by atoms with Crippen molar-refractivity contribution in [1.29, 1.82) is 0 Å². The fourth-order valence-electron chi connectivity index (χ4n) is 1.91. The Morgan fingerprint density at radius 2 is 2.06 bits per heavy atom. The highest BCUT2D eigenvalue weighted by molar-refractivity contribution is 9.10. The van der Waals surface area contributed by atoms with Crippen molar-refractivity contribution >= 4 is 32.8 Å². The zero-order valence-electron chi connectivity index (χ0n) is 10.2. The molecule has 2 aromatic rings. The van der Waals surface area contributed by atoms with Gasteiger partial charge in [-0.2, -0.15) is 0 Å². The number of aromatic carboxylic acids is 1. The Labute approximate surface area is 113 Å². The lowest BCUT2D eigenvalue weighted by molar-refractivity contribution is 0.0692. The quantitative estimate of drug-likeness (QED) is 0.924. The number of hydrogen-bond donors (Lipinski definition) is 1. The highest BCUT2D eigenvalue weighted by atomic mass is 79.9. The normalized spacial score (nSPS) is 10.7. The molecule has 18 heavy (non-hydrogen) atoms. The number of ether oxygens (including phenoxy) is 1. The van der Waals surface area contributed by atoms with Crippen LogP contribution in [0.1, 0.15) is 21.5 Å². The second kappa shape index (κ2) is 4.57. The van der Waals surface area contributed by atoms with E-state index in [9.17, 15) is 4.79 Å². The Morgan fingerprint density at radius 3 is 2.61 bits per heavy atom. The molecule has 0 saturated heterocycles. The van der Waals surface area contributed by atoms with E-state index in [0.29, 0.717) is 0 Å². The van der Waals surface area contributed by atoms with Crippen molar-refractivity contribution in [1.82, 2.24) is 4.98 Å². The minimum atomic E-state index is -1.04. The number of fused-ring (bicyclic) bond motifs is 1. The van der Waals surface area contributed by atoms with E-state index in [-0.39, 0.29) is 11.4 Å². The van der Waals surface area contributed by atoms with Gasteiger partial charge in [-0.25, -0.2) is 9.78 Å². The first kappa shape index (κ1) is 12.8. The van der Waals surface area contributed by atoms with Crippen LogP contribution in [-0.4, -0.2) is 23.2 Å². The van der Waals surface area contributed by atoms with Gasteiger partial charge >= 0.3 is 5.97 Å². The molecule has 4 nitrogen and oxygen atoms in total. The second-order valence-corrected chi connectivity index (χ2v) is 4.84. The molecule has 0 radical (unpaired) electrons. The number of carboxylic acids is 1. The molecule has 1 aromatic heterocycles. The Hall–Kier alpha value is -1.62. The molecule has 0 bridgehead atoms. The number of hydrogen-bond acceptors (Lipinski definition) is 3. The van der Waals surface area contributed by atoms with E-state index < -0.39 is 5.97 Å². The lowest BCUT2D eigenvalue weighted by Crippen LogP contribution is -2.03. The maximum absolute atomic E-state index is 11.2. The van der Waals surface area contributed by atoms with E-state index >= 15 is 0 Å². The standard InChI is InChI=1S/C13H12BrNO3/c1-6-4-10-8(7(2)11(6)14)5-9(13(16)17)12(15-10)18-3/h4-5H,1-3H3,(H,16,17). The molecule has 5 heteroatoms. The van der Waals surface area contributed by atoms with Crippen LogP contribution in [0.5, 0.6) is 5.88 Å². The molecule has 0 atom stereocenters. The number of rotatable bonds is 2. The number of aryl methyl sites for hydroxylation is 2. The molecule has 0 saturated carbocycles. The van der Waals surface area contributed by atoms with Gasteiger partial charge in [0.2, 0.25) is 5.88 Å². The van der Waals surface area contributed by atoms with E-state index in [1.54, 1.807) is 6.07 Å². The monoisotopic (exact) mass is 309 g/mol. The summed E-state index contributed by atoms with van der Waals surface area (Å²) in [6.45, 7) is 3.90. The predicted molar refractivity (Wildman–Crippen MR) is 72.4 cm³/mol. The van der Waals surface area contributed by atoms with Gasteiger partial charge in [-0.15, -0.1) is 0 Å². The number of benzene rings is 1. The Kier molecular flexibility index (Phi) is 3.26. The minimum Gasteiger partial charge on any atom is -0.480 e. The Balaban J connectivity index is 2.88. The molecule has 1 N–H and O–H groups in total. The van der Waals surface area contributed by atoms with Crippen molar-refractivity contribution < 1.29 is 14.6 Å². The average molecular weight is 310 g/mol. The van der Waals surface area contributed by atoms with Crippen molar-refractivity contribution in [3.8, 4) is 5.88 Å². The van der Waals surface area contributed by atoms with Crippen LogP contribution in [0.25, 0.3) is 10.9 Å². The molecular weight excluding hydrogens is 298 g/mol. The first-order chi connectivity index (χ1) is 8.45. The second-order valence-electron chi connectivity index (χ2n) is 4.05. The molecule has 0 aliphatic rings. The van der Waals surface area contributed by atoms with Crippen molar-refractivity contribution in [3.05, 3.63) is 33.3 Å². The van der Waals surface area contributed by atoms with Crippen LogP contribution in [0.4, 0.5) is 0 Å². The summed E-state index contributed by atoms with van der Waals surface area (Å²) >= 11 is 3.49. The van der Waals surface area contributed by atoms with Gasteiger partial charge in [0, 0.05) is 9.86 Å². The van der Waals surface area contributed by atoms with Gasteiger partial charge in [-0.1, -0.05) is 15.9 Å².